The lowest BCUT2D eigenvalue weighted by molar-refractivity contribution is -0.118. The Morgan fingerprint density at radius 1 is 0.917 bits per heavy atom. The van der Waals surface area contributed by atoms with E-state index in [2.05, 4.69) is 12.2 Å². The fraction of sp³-hybridized carbons (Fsp3) is 0.750. The van der Waals surface area contributed by atoms with Gasteiger partial charge in [-0.15, -0.1) is 0 Å². The molecule has 208 valence electrons. The van der Waals surface area contributed by atoms with Crippen LogP contribution in [0.3, 0.4) is 0 Å². The molecule has 8 heteroatoms. The van der Waals surface area contributed by atoms with Gasteiger partial charge in [0.25, 0.3) is 0 Å². The normalized spacial score (nSPS) is 13.9. The summed E-state index contributed by atoms with van der Waals surface area (Å²) in [5, 5.41) is 2.95. The molecule has 0 heterocycles. The molecule has 0 saturated carbocycles. The van der Waals surface area contributed by atoms with E-state index in [-0.39, 0.29) is 31.3 Å². The zero-order valence-corrected chi connectivity index (χ0v) is 23.7. The van der Waals surface area contributed by atoms with Crippen LogP contribution in [0.2, 0.25) is 0 Å². The average molecular weight is 528 g/mol. The largest absolute Gasteiger partial charge is 0.494 e. The maximum atomic E-state index is 12.1. The van der Waals surface area contributed by atoms with Crippen LogP contribution in [0.5, 0.6) is 5.75 Å². The van der Waals surface area contributed by atoms with Gasteiger partial charge in [0.05, 0.1) is 19.8 Å². The number of phosphoric acid groups is 1. The molecule has 0 fully saturated rings. The van der Waals surface area contributed by atoms with Crippen LogP contribution >= 0.6 is 7.82 Å². The van der Waals surface area contributed by atoms with E-state index in [9.17, 15) is 14.3 Å². The molecule has 0 bridgehead atoms. The zero-order valence-electron chi connectivity index (χ0n) is 22.8. The van der Waals surface area contributed by atoms with Gasteiger partial charge in [0.1, 0.15) is 11.5 Å². The van der Waals surface area contributed by atoms with E-state index in [1.54, 1.807) is 7.05 Å². The summed E-state index contributed by atoms with van der Waals surface area (Å²) in [6.45, 7) is 5.29. The van der Waals surface area contributed by atoms with Crippen LogP contribution in [-0.4, -0.2) is 44.1 Å². The third-order valence-electron chi connectivity index (χ3n) is 6.09. The van der Waals surface area contributed by atoms with E-state index < -0.39 is 7.82 Å². The van der Waals surface area contributed by atoms with Crippen molar-refractivity contribution in [1.29, 1.82) is 0 Å². The van der Waals surface area contributed by atoms with Gasteiger partial charge in [0.2, 0.25) is 0 Å². The number of Topliss-reactive ketones (excluding diaryl/α,β-unsaturated/α-hetero) is 1. The molecule has 36 heavy (non-hydrogen) atoms. The molecule has 0 amide bonds. The molecule has 2 N–H and O–H groups in total. The minimum atomic E-state index is -4.13. The summed E-state index contributed by atoms with van der Waals surface area (Å²) < 4.78 is 28.2. The second-order valence-electron chi connectivity index (χ2n) is 9.71. The van der Waals surface area contributed by atoms with Crippen LogP contribution in [0.4, 0.5) is 0 Å². The number of ketones is 1. The number of ether oxygens (including phenoxy) is 1. The molecule has 0 aliphatic carbocycles. The quantitative estimate of drug-likeness (QED) is 0.112. The average Bonchev–Trinajstić information content (AvgIpc) is 2.84. The topological polar surface area (TPSA) is 94.1 Å². The molecule has 0 radical (unpaired) electrons. The number of hydrogen-bond acceptors (Lipinski definition) is 6. The van der Waals surface area contributed by atoms with Gasteiger partial charge in [-0.25, -0.2) is 4.57 Å². The molecule has 0 aliphatic rings. The third-order valence-corrected chi connectivity index (χ3v) is 7.07. The fourth-order valence-electron chi connectivity index (χ4n) is 4.10. The van der Waals surface area contributed by atoms with Gasteiger partial charge < -0.3 is 19.7 Å². The minimum absolute atomic E-state index is 0.0164. The summed E-state index contributed by atoms with van der Waals surface area (Å²) >= 11 is 0. The summed E-state index contributed by atoms with van der Waals surface area (Å²) in [6.07, 6.45) is 14.5. The van der Waals surface area contributed by atoms with E-state index in [1.807, 2.05) is 24.3 Å². The maximum absolute atomic E-state index is 12.1. The standard InChI is InChI=1S/C28H50NO6P/c1-4-5-6-7-8-9-10-11-12-13-20-33-28-17-15-26(16-18-28)23-27(22-25(2)30)24-35-36(31,32)34-21-14-19-29-3/h15-18,27,29H,4-14,19-24H2,1-3H3,(H,31,32). The number of rotatable bonds is 24. The number of carbonyl (C=O) groups excluding carboxylic acids is 1. The highest BCUT2D eigenvalue weighted by Crippen LogP contribution is 2.44. The molecule has 1 aromatic carbocycles. The highest BCUT2D eigenvalue weighted by molar-refractivity contribution is 7.47. The van der Waals surface area contributed by atoms with Crippen LogP contribution < -0.4 is 10.1 Å². The SMILES string of the molecule is CCCCCCCCCCCCOc1ccc(CC(COP(=O)(O)OCCCNC)CC(C)=O)cc1. The smallest absolute Gasteiger partial charge is 0.472 e. The van der Waals surface area contributed by atoms with Crippen LogP contribution in [0.25, 0.3) is 0 Å². The van der Waals surface area contributed by atoms with Crippen molar-refractivity contribution in [3.8, 4) is 5.75 Å². The van der Waals surface area contributed by atoms with E-state index in [1.165, 1.54) is 64.7 Å². The Hall–Kier alpha value is -1.24. The van der Waals surface area contributed by atoms with Crippen molar-refractivity contribution in [2.45, 2.75) is 97.3 Å². The lowest BCUT2D eigenvalue weighted by Crippen LogP contribution is -2.16. The van der Waals surface area contributed by atoms with Gasteiger partial charge in [-0.3, -0.25) is 9.05 Å². The number of carbonyl (C=O) groups is 1. The molecule has 1 aromatic rings. The maximum Gasteiger partial charge on any atom is 0.472 e. The van der Waals surface area contributed by atoms with Crippen molar-refractivity contribution in [2.75, 3.05) is 33.4 Å². The Morgan fingerprint density at radius 2 is 1.53 bits per heavy atom. The summed E-state index contributed by atoms with van der Waals surface area (Å²) in [6, 6.07) is 7.85. The highest BCUT2D eigenvalue weighted by atomic mass is 31.2. The van der Waals surface area contributed by atoms with Gasteiger partial charge in [-0.05, 0) is 63.4 Å². The molecular formula is C28H50NO6P. The Labute approximate surface area is 219 Å². The number of nitrogens with one attached hydrogen (secondary N) is 1. The van der Waals surface area contributed by atoms with Gasteiger partial charge in [-0.2, -0.15) is 0 Å². The molecule has 2 unspecified atom stereocenters. The summed E-state index contributed by atoms with van der Waals surface area (Å²) in [5.74, 6) is 0.647. The number of phosphoric ester groups is 1. The van der Waals surface area contributed by atoms with Crippen molar-refractivity contribution in [1.82, 2.24) is 5.32 Å². The van der Waals surface area contributed by atoms with Crippen LogP contribution in [0.1, 0.15) is 96.5 Å². The molecule has 2 atom stereocenters. The Bertz CT molecular complexity index is 727. The monoisotopic (exact) mass is 527 g/mol. The summed E-state index contributed by atoms with van der Waals surface area (Å²) in [5.41, 5.74) is 1.03. The first-order valence-electron chi connectivity index (χ1n) is 13.8. The third kappa shape index (κ3) is 18.1. The van der Waals surface area contributed by atoms with E-state index in [0.717, 1.165) is 24.3 Å². The number of hydrogen-bond donors (Lipinski definition) is 2. The first kappa shape index (κ1) is 32.8. The molecule has 0 aromatic heterocycles. The summed E-state index contributed by atoms with van der Waals surface area (Å²) in [4.78, 5) is 21.6. The van der Waals surface area contributed by atoms with Crippen LogP contribution in [0, 0.1) is 5.92 Å². The second-order valence-corrected chi connectivity index (χ2v) is 11.2. The fourth-order valence-corrected chi connectivity index (χ4v) is 4.93. The lowest BCUT2D eigenvalue weighted by Gasteiger charge is -2.18. The second kappa shape index (κ2) is 20.8. The van der Waals surface area contributed by atoms with Gasteiger partial charge in [0, 0.05) is 6.42 Å². The number of unbranched alkanes of at least 4 members (excludes halogenated alkanes) is 9. The highest BCUT2D eigenvalue weighted by Gasteiger charge is 2.24. The minimum Gasteiger partial charge on any atom is -0.494 e. The van der Waals surface area contributed by atoms with Crippen LogP contribution in [-0.2, 0) is 24.8 Å². The van der Waals surface area contributed by atoms with Gasteiger partial charge in [-0.1, -0.05) is 76.8 Å². The molecule has 0 spiro atoms. The van der Waals surface area contributed by atoms with Crippen molar-refractivity contribution in [2.24, 2.45) is 5.92 Å². The lowest BCUT2D eigenvalue weighted by atomic mass is 9.95. The molecule has 0 saturated heterocycles. The number of benzene rings is 1. The van der Waals surface area contributed by atoms with Crippen molar-refractivity contribution in [3.63, 3.8) is 0 Å². The molecule has 7 nitrogen and oxygen atoms in total. The Kier molecular flexibility index (Phi) is 18.9. The summed E-state index contributed by atoms with van der Waals surface area (Å²) in [7, 11) is -2.33. The van der Waals surface area contributed by atoms with E-state index in [4.69, 9.17) is 13.8 Å². The van der Waals surface area contributed by atoms with Gasteiger partial charge >= 0.3 is 7.82 Å². The Balaban J connectivity index is 2.31. The van der Waals surface area contributed by atoms with Gasteiger partial charge in [0.15, 0.2) is 0 Å². The molecule has 1 rings (SSSR count). The predicted octanol–water partition coefficient (Wildman–Crippen LogP) is 6.87. The first-order chi connectivity index (χ1) is 17.4. The Morgan fingerprint density at radius 3 is 2.11 bits per heavy atom. The van der Waals surface area contributed by atoms with Crippen molar-refractivity contribution < 1.29 is 28.0 Å². The van der Waals surface area contributed by atoms with E-state index in [0.29, 0.717) is 19.4 Å². The molecular weight excluding hydrogens is 477 g/mol. The van der Waals surface area contributed by atoms with Crippen molar-refractivity contribution in [3.05, 3.63) is 29.8 Å². The van der Waals surface area contributed by atoms with Crippen molar-refractivity contribution >= 4 is 13.6 Å². The predicted molar refractivity (Wildman–Crippen MR) is 147 cm³/mol. The first-order valence-corrected chi connectivity index (χ1v) is 15.3. The molecule has 0 aliphatic heterocycles. The zero-order chi connectivity index (χ0) is 26.5. The van der Waals surface area contributed by atoms with Crippen LogP contribution in [0.15, 0.2) is 24.3 Å². The van der Waals surface area contributed by atoms with E-state index >= 15 is 0 Å².